The van der Waals surface area contributed by atoms with E-state index in [-0.39, 0.29) is 17.3 Å². The molecule has 3 atom stereocenters. The van der Waals surface area contributed by atoms with E-state index in [0.29, 0.717) is 27.9 Å². The quantitative estimate of drug-likeness (QED) is 0.407. The van der Waals surface area contributed by atoms with Crippen molar-refractivity contribution in [2.75, 3.05) is 4.90 Å². The molecule has 1 aliphatic carbocycles. The summed E-state index contributed by atoms with van der Waals surface area (Å²) in [5.41, 5.74) is -0.146. The van der Waals surface area contributed by atoms with E-state index in [1.165, 1.54) is 24.3 Å². The van der Waals surface area contributed by atoms with Crippen LogP contribution in [0.15, 0.2) is 72.8 Å². The molecule has 2 heterocycles. The summed E-state index contributed by atoms with van der Waals surface area (Å²) in [6, 6.07) is 15.0. The molecule has 0 bridgehead atoms. The van der Waals surface area contributed by atoms with Gasteiger partial charge in [-0.1, -0.05) is 69.3 Å². The fraction of sp³-hybridized carbons (Fsp3) is 0.258. The Morgan fingerprint density at radius 2 is 1.46 bits per heavy atom. The van der Waals surface area contributed by atoms with Crippen LogP contribution in [0, 0.1) is 22.5 Å². The molecular formula is C31H25F2NO3. The average molecular weight is 498 g/mol. The molecule has 6 rings (SSSR count). The second-order valence-electron chi connectivity index (χ2n) is 11.1. The maximum absolute atomic E-state index is 14.4. The molecular weight excluding hydrogens is 472 g/mol. The molecule has 4 nitrogen and oxygen atoms in total. The van der Waals surface area contributed by atoms with Crippen LogP contribution in [0.25, 0.3) is 6.08 Å². The lowest BCUT2D eigenvalue weighted by atomic mass is 9.63. The molecule has 3 aliphatic rings. The van der Waals surface area contributed by atoms with E-state index in [1.807, 2.05) is 4.90 Å². The van der Waals surface area contributed by atoms with E-state index in [0.717, 1.165) is 0 Å². The van der Waals surface area contributed by atoms with E-state index < -0.39 is 40.5 Å². The summed E-state index contributed by atoms with van der Waals surface area (Å²) in [4.78, 5) is 44.9. The predicted molar refractivity (Wildman–Crippen MR) is 137 cm³/mol. The first-order chi connectivity index (χ1) is 17.6. The highest BCUT2D eigenvalue weighted by Crippen LogP contribution is 2.61. The van der Waals surface area contributed by atoms with Gasteiger partial charge in [-0.05, 0) is 35.9 Å². The normalized spacial score (nSPS) is 23.3. The topological polar surface area (TPSA) is 54.5 Å². The molecule has 0 saturated carbocycles. The zero-order valence-corrected chi connectivity index (χ0v) is 20.7. The summed E-state index contributed by atoms with van der Waals surface area (Å²) in [5.74, 6) is -2.64. The summed E-state index contributed by atoms with van der Waals surface area (Å²) in [6.45, 7) is 5.40. The molecule has 0 amide bonds. The molecule has 37 heavy (non-hydrogen) atoms. The van der Waals surface area contributed by atoms with Gasteiger partial charge in [-0.15, -0.1) is 0 Å². The van der Waals surface area contributed by atoms with E-state index in [9.17, 15) is 23.2 Å². The highest BCUT2D eigenvalue weighted by atomic mass is 19.1. The minimum Gasteiger partial charge on any atom is -0.352 e. The van der Waals surface area contributed by atoms with E-state index in [2.05, 4.69) is 0 Å². The number of ketones is 3. The number of nitrogens with zero attached hydrogens (tertiary/aromatic N) is 1. The number of benzene rings is 3. The largest absolute Gasteiger partial charge is 0.352 e. The van der Waals surface area contributed by atoms with Crippen LogP contribution in [0.3, 0.4) is 0 Å². The molecule has 0 N–H and O–H groups in total. The van der Waals surface area contributed by atoms with Gasteiger partial charge in [0.25, 0.3) is 0 Å². The van der Waals surface area contributed by atoms with Gasteiger partial charge < -0.3 is 4.90 Å². The van der Waals surface area contributed by atoms with Crippen LogP contribution in [-0.4, -0.2) is 29.4 Å². The minimum atomic E-state index is -1.64. The highest BCUT2D eigenvalue weighted by Gasteiger charge is 2.71. The van der Waals surface area contributed by atoms with Gasteiger partial charge in [0.05, 0.1) is 12.1 Å². The molecule has 0 aromatic heterocycles. The third-order valence-corrected chi connectivity index (χ3v) is 8.00. The third kappa shape index (κ3) is 3.08. The first-order valence-electron chi connectivity index (χ1n) is 12.3. The maximum atomic E-state index is 14.4. The predicted octanol–water partition coefficient (Wildman–Crippen LogP) is 6.01. The number of carbonyl (C=O) groups excluding carboxylic acids is 3. The van der Waals surface area contributed by atoms with Crippen molar-refractivity contribution in [3.63, 3.8) is 0 Å². The Balaban J connectivity index is 1.70. The molecule has 1 fully saturated rings. The van der Waals surface area contributed by atoms with Crippen molar-refractivity contribution in [1.82, 2.24) is 0 Å². The maximum Gasteiger partial charge on any atom is 0.180 e. The Morgan fingerprint density at radius 3 is 2.05 bits per heavy atom. The second-order valence-corrected chi connectivity index (χ2v) is 11.1. The molecule has 0 unspecified atom stereocenters. The van der Waals surface area contributed by atoms with E-state index in [1.54, 1.807) is 75.4 Å². The Labute approximate surface area is 213 Å². The number of carbonyl (C=O) groups is 3. The number of fused-ring (bicyclic) bond motifs is 5. The summed E-state index contributed by atoms with van der Waals surface area (Å²) < 4.78 is 28.2. The SMILES string of the molecule is CC(C)(C)C(=O)[C@@H]1[C@H](c2ccc(F)cc2)C2(C(=O)c3ccccc3C2=O)[C@@H]2C=Cc3cc(F)ccc3N12. The molecule has 1 spiro atoms. The lowest BCUT2D eigenvalue weighted by Crippen LogP contribution is -2.49. The fourth-order valence-corrected chi connectivity index (χ4v) is 6.43. The van der Waals surface area contributed by atoms with Gasteiger partial charge in [0.1, 0.15) is 17.0 Å². The molecule has 2 aliphatic heterocycles. The first kappa shape index (κ1) is 23.5. The lowest BCUT2D eigenvalue weighted by Gasteiger charge is -2.38. The zero-order valence-electron chi connectivity index (χ0n) is 20.7. The Morgan fingerprint density at radius 1 is 0.865 bits per heavy atom. The van der Waals surface area contributed by atoms with Crippen molar-refractivity contribution >= 4 is 29.1 Å². The molecule has 186 valence electrons. The Bertz CT molecular complexity index is 1480. The van der Waals surface area contributed by atoms with Gasteiger partial charge in [-0.25, -0.2) is 8.78 Å². The molecule has 6 heteroatoms. The van der Waals surface area contributed by atoms with Crippen LogP contribution in [0.4, 0.5) is 14.5 Å². The Hall–Kier alpha value is -3.93. The second kappa shape index (κ2) is 7.78. The molecule has 3 aromatic carbocycles. The third-order valence-electron chi connectivity index (χ3n) is 8.00. The van der Waals surface area contributed by atoms with Crippen molar-refractivity contribution in [2.45, 2.75) is 38.8 Å². The van der Waals surface area contributed by atoms with Gasteiger partial charge in [-0.2, -0.15) is 0 Å². The number of hydrogen-bond donors (Lipinski definition) is 0. The van der Waals surface area contributed by atoms with Crippen molar-refractivity contribution in [3.05, 3.63) is 107 Å². The van der Waals surface area contributed by atoms with Crippen molar-refractivity contribution in [1.29, 1.82) is 0 Å². The minimum absolute atomic E-state index is 0.161. The van der Waals surface area contributed by atoms with Crippen LogP contribution in [0.2, 0.25) is 0 Å². The van der Waals surface area contributed by atoms with Gasteiger partial charge in [0.2, 0.25) is 0 Å². The lowest BCUT2D eigenvalue weighted by molar-refractivity contribution is -0.127. The van der Waals surface area contributed by atoms with Gasteiger partial charge in [0, 0.05) is 33.7 Å². The van der Waals surface area contributed by atoms with Crippen LogP contribution < -0.4 is 4.90 Å². The summed E-state index contributed by atoms with van der Waals surface area (Å²) in [7, 11) is 0. The van der Waals surface area contributed by atoms with Crippen LogP contribution in [0.5, 0.6) is 0 Å². The standard InChI is InChI=1S/C31H25F2NO3/c1-30(2,3)29(37)26-25(17-8-11-19(32)12-9-17)31(27(35)21-6-4-5-7-22(21)28(31)36)24-15-10-18-16-20(33)13-14-23(18)34(24)26/h4-16,24-26H,1-3H3/t24-,25-,26-/m0/s1. The monoisotopic (exact) mass is 497 g/mol. The number of halogens is 2. The number of hydrogen-bond acceptors (Lipinski definition) is 4. The number of Topliss-reactive ketones (excluding diaryl/α,β-unsaturated/α-hetero) is 3. The smallest absolute Gasteiger partial charge is 0.180 e. The summed E-state index contributed by atoms with van der Waals surface area (Å²) >= 11 is 0. The van der Waals surface area contributed by atoms with E-state index >= 15 is 0 Å². The fourth-order valence-electron chi connectivity index (χ4n) is 6.43. The summed E-state index contributed by atoms with van der Waals surface area (Å²) in [6.07, 6.45) is 3.46. The Kier molecular flexibility index (Phi) is 4.94. The van der Waals surface area contributed by atoms with Crippen molar-refractivity contribution < 1.29 is 23.2 Å². The molecule has 0 radical (unpaired) electrons. The van der Waals surface area contributed by atoms with Crippen LogP contribution in [0.1, 0.15) is 58.5 Å². The van der Waals surface area contributed by atoms with Crippen LogP contribution in [-0.2, 0) is 4.79 Å². The molecule has 3 aromatic rings. The zero-order chi connectivity index (χ0) is 26.3. The van der Waals surface area contributed by atoms with E-state index in [4.69, 9.17) is 0 Å². The van der Waals surface area contributed by atoms with Crippen molar-refractivity contribution in [2.24, 2.45) is 10.8 Å². The number of anilines is 1. The first-order valence-corrected chi connectivity index (χ1v) is 12.3. The van der Waals surface area contributed by atoms with Gasteiger partial charge in [0.15, 0.2) is 17.3 Å². The number of rotatable bonds is 2. The average Bonchev–Trinajstić information content (AvgIpc) is 3.29. The summed E-state index contributed by atoms with van der Waals surface area (Å²) in [5, 5.41) is 0. The van der Waals surface area contributed by atoms with Gasteiger partial charge >= 0.3 is 0 Å². The molecule has 1 saturated heterocycles. The van der Waals surface area contributed by atoms with Gasteiger partial charge in [-0.3, -0.25) is 14.4 Å². The van der Waals surface area contributed by atoms with Crippen molar-refractivity contribution in [3.8, 4) is 0 Å². The van der Waals surface area contributed by atoms with Crippen LogP contribution >= 0.6 is 0 Å². The highest BCUT2D eigenvalue weighted by molar-refractivity contribution is 6.32.